The molecule has 0 saturated carbocycles. The zero-order valence-electron chi connectivity index (χ0n) is 13.6. The summed E-state index contributed by atoms with van der Waals surface area (Å²) in [5.74, 6) is 0.973. The molecule has 1 atom stereocenters. The van der Waals surface area contributed by atoms with E-state index in [1.807, 2.05) is 6.92 Å². The van der Waals surface area contributed by atoms with Crippen molar-refractivity contribution in [1.82, 2.24) is 9.62 Å². The Morgan fingerprint density at radius 2 is 2.09 bits per heavy atom. The van der Waals surface area contributed by atoms with Gasteiger partial charge in [0.15, 0.2) is 0 Å². The fourth-order valence-electron chi connectivity index (χ4n) is 2.81. The third kappa shape index (κ3) is 5.46. The molecule has 0 unspecified atom stereocenters. The number of sulfonamides is 1. The van der Waals surface area contributed by atoms with Gasteiger partial charge in [-0.1, -0.05) is 0 Å². The Balaban J connectivity index is 1.83. The van der Waals surface area contributed by atoms with E-state index in [1.54, 1.807) is 24.3 Å². The number of likely N-dealkylation sites (tertiary alicyclic amines) is 1. The number of aliphatic hydroxyl groups is 1. The quantitative estimate of drug-likeness (QED) is 0.739. The van der Waals surface area contributed by atoms with Gasteiger partial charge in [0.1, 0.15) is 5.75 Å². The van der Waals surface area contributed by atoms with Crippen molar-refractivity contribution in [3.05, 3.63) is 24.3 Å². The predicted octanol–water partition coefficient (Wildman–Crippen LogP) is 1.07. The monoisotopic (exact) mass is 342 g/mol. The lowest BCUT2D eigenvalue weighted by atomic mass is 9.99. The topological polar surface area (TPSA) is 78.9 Å². The number of aliphatic hydroxyl groups excluding tert-OH is 1. The minimum absolute atomic E-state index is 0.203. The Hall–Kier alpha value is -1.15. The maximum absolute atomic E-state index is 12.3. The van der Waals surface area contributed by atoms with Crippen molar-refractivity contribution in [2.24, 2.45) is 5.92 Å². The van der Waals surface area contributed by atoms with E-state index < -0.39 is 10.0 Å². The first-order chi connectivity index (χ1) is 11.0. The molecule has 2 N–H and O–H groups in total. The van der Waals surface area contributed by atoms with E-state index in [-0.39, 0.29) is 11.5 Å². The van der Waals surface area contributed by atoms with Crippen LogP contribution in [0.4, 0.5) is 0 Å². The van der Waals surface area contributed by atoms with Crippen LogP contribution >= 0.6 is 0 Å². The van der Waals surface area contributed by atoms with Crippen molar-refractivity contribution in [2.75, 3.05) is 39.4 Å². The number of ether oxygens (including phenoxy) is 1. The van der Waals surface area contributed by atoms with Crippen LogP contribution in [0.15, 0.2) is 29.2 Å². The van der Waals surface area contributed by atoms with Gasteiger partial charge in [0.05, 0.1) is 11.5 Å². The molecule has 7 heteroatoms. The summed E-state index contributed by atoms with van der Waals surface area (Å²) in [6.45, 7) is 5.46. The highest BCUT2D eigenvalue weighted by Gasteiger charge is 2.20. The predicted molar refractivity (Wildman–Crippen MR) is 89.0 cm³/mol. The zero-order valence-corrected chi connectivity index (χ0v) is 14.4. The molecular weight excluding hydrogens is 316 g/mol. The summed E-state index contributed by atoms with van der Waals surface area (Å²) in [4.78, 5) is 2.44. The summed E-state index contributed by atoms with van der Waals surface area (Å²) < 4.78 is 32.5. The van der Waals surface area contributed by atoms with Crippen LogP contribution in [0.5, 0.6) is 5.75 Å². The van der Waals surface area contributed by atoms with Crippen LogP contribution in [0.1, 0.15) is 19.8 Å². The number of rotatable bonds is 8. The van der Waals surface area contributed by atoms with Crippen molar-refractivity contribution in [2.45, 2.75) is 24.7 Å². The van der Waals surface area contributed by atoms with Crippen molar-refractivity contribution in [3.63, 3.8) is 0 Å². The van der Waals surface area contributed by atoms with E-state index in [0.717, 1.165) is 25.9 Å². The third-order valence-electron chi connectivity index (χ3n) is 4.03. The summed E-state index contributed by atoms with van der Waals surface area (Å²) in [6.07, 6.45) is 2.10. The number of benzene rings is 1. The third-order valence-corrected chi connectivity index (χ3v) is 5.50. The second-order valence-electron chi connectivity index (χ2n) is 5.79. The normalized spacial score (nSPS) is 19.7. The maximum Gasteiger partial charge on any atom is 0.240 e. The SMILES string of the molecule is CCOc1ccc(S(=O)(=O)NCCN2CCC[C@@H](CO)C2)cc1. The Bertz CT molecular complexity index is 574. The number of nitrogens with one attached hydrogen (secondary N) is 1. The minimum Gasteiger partial charge on any atom is -0.494 e. The molecule has 23 heavy (non-hydrogen) atoms. The van der Waals surface area contributed by atoms with Crippen LogP contribution in [-0.2, 0) is 10.0 Å². The fraction of sp³-hybridized carbons (Fsp3) is 0.625. The highest BCUT2D eigenvalue weighted by Crippen LogP contribution is 2.17. The van der Waals surface area contributed by atoms with Crippen molar-refractivity contribution < 1.29 is 18.3 Å². The average Bonchev–Trinajstić information content (AvgIpc) is 2.56. The van der Waals surface area contributed by atoms with Gasteiger partial charge < -0.3 is 14.7 Å². The van der Waals surface area contributed by atoms with E-state index in [1.165, 1.54) is 0 Å². The molecule has 0 aliphatic carbocycles. The van der Waals surface area contributed by atoms with Crippen LogP contribution in [0.2, 0.25) is 0 Å². The van der Waals surface area contributed by atoms with Gasteiger partial charge in [0.25, 0.3) is 0 Å². The minimum atomic E-state index is -3.49. The Morgan fingerprint density at radius 1 is 1.35 bits per heavy atom. The van der Waals surface area contributed by atoms with Gasteiger partial charge in [-0.15, -0.1) is 0 Å². The zero-order chi connectivity index (χ0) is 16.7. The molecule has 1 fully saturated rings. The highest BCUT2D eigenvalue weighted by atomic mass is 32.2. The van der Waals surface area contributed by atoms with E-state index in [9.17, 15) is 13.5 Å². The van der Waals surface area contributed by atoms with Crippen molar-refractivity contribution in [1.29, 1.82) is 0 Å². The smallest absolute Gasteiger partial charge is 0.240 e. The van der Waals surface area contributed by atoms with Crippen LogP contribution in [0.3, 0.4) is 0 Å². The lowest BCUT2D eigenvalue weighted by Crippen LogP contribution is -2.41. The van der Waals surface area contributed by atoms with Crippen molar-refractivity contribution in [3.8, 4) is 5.75 Å². The Kier molecular flexibility index (Phi) is 6.83. The molecule has 1 aliphatic rings. The van der Waals surface area contributed by atoms with Gasteiger partial charge in [0.2, 0.25) is 10.0 Å². The summed E-state index contributed by atoms with van der Waals surface area (Å²) in [6, 6.07) is 6.43. The molecule has 6 nitrogen and oxygen atoms in total. The standard InChI is InChI=1S/C16H26N2O4S/c1-2-22-15-5-7-16(8-6-15)23(20,21)17-9-11-18-10-3-4-14(12-18)13-19/h5-8,14,17,19H,2-4,9-13H2,1H3/t14-/m1/s1. The van der Waals surface area contributed by atoms with Crippen LogP contribution in [-0.4, -0.2) is 57.8 Å². The average molecular weight is 342 g/mol. The molecule has 0 spiro atoms. The Morgan fingerprint density at radius 3 is 2.74 bits per heavy atom. The van der Waals surface area contributed by atoms with Gasteiger partial charge in [0, 0.05) is 26.2 Å². The van der Waals surface area contributed by atoms with Crippen LogP contribution in [0, 0.1) is 5.92 Å². The number of hydrogen-bond donors (Lipinski definition) is 2. The second kappa shape index (κ2) is 8.63. The first kappa shape index (κ1) is 18.2. The van der Waals surface area contributed by atoms with E-state index >= 15 is 0 Å². The first-order valence-corrected chi connectivity index (χ1v) is 9.59. The lowest BCUT2D eigenvalue weighted by Gasteiger charge is -2.31. The van der Waals surface area contributed by atoms with Gasteiger partial charge >= 0.3 is 0 Å². The molecule has 1 saturated heterocycles. The molecule has 1 aliphatic heterocycles. The molecule has 1 heterocycles. The largest absolute Gasteiger partial charge is 0.494 e. The molecule has 1 aromatic rings. The lowest BCUT2D eigenvalue weighted by molar-refractivity contribution is 0.122. The summed E-state index contributed by atoms with van der Waals surface area (Å²) in [5.41, 5.74) is 0. The summed E-state index contributed by atoms with van der Waals surface area (Å²) in [5, 5.41) is 9.22. The van der Waals surface area contributed by atoms with Crippen LogP contribution < -0.4 is 9.46 Å². The van der Waals surface area contributed by atoms with Crippen LogP contribution in [0.25, 0.3) is 0 Å². The van der Waals surface area contributed by atoms with E-state index in [2.05, 4.69) is 9.62 Å². The molecule has 1 aromatic carbocycles. The molecule has 2 rings (SSSR count). The molecule has 130 valence electrons. The van der Waals surface area contributed by atoms with Gasteiger partial charge in [-0.3, -0.25) is 0 Å². The maximum atomic E-state index is 12.3. The summed E-state index contributed by atoms with van der Waals surface area (Å²) in [7, 11) is -3.49. The van der Waals surface area contributed by atoms with E-state index in [0.29, 0.717) is 31.4 Å². The Labute approximate surface area is 138 Å². The molecule has 0 radical (unpaired) electrons. The number of hydrogen-bond acceptors (Lipinski definition) is 5. The summed E-state index contributed by atoms with van der Waals surface area (Å²) >= 11 is 0. The van der Waals surface area contributed by atoms with E-state index in [4.69, 9.17) is 4.74 Å². The number of nitrogens with zero attached hydrogens (tertiary/aromatic N) is 1. The van der Waals surface area contributed by atoms with Crippen molar-refractivity contribution >= 4 is 10.0 Å². The number of piperidine rings is 1. The first-order valence-electron chi connectivity index (χ1n) is 8.11. The van der Waals surface area contributed by atoms with Gasteiger partial charge in [-0.05, 0) is 56.5 Å². The molecular formula is C16H26N2O4S. The fourth-order valence-corrected chi connectivity index (χ4v) is 3.83. The highest BCUT2D eigenvalue weighted by molar-refractivity contribution is 7.89. The van der Waals surface area contributed by atoms with Gasteiger partial charge in [-0.25, -0.2) is 13.1 Å². The molecule has 0 amide bonds. The molecule has 0 bridgehead atoms. The second-order valence-corrected chi connectivity index (χ2v) is 7.56. The molecule has 0 aromatic heterocycles. The van der Waals surface area contributed by atoms with Gasteiger partial charge in [-0.2, -0.15) is 0 Å².